The first kappa shape index (κ1) is 22.7. The first-order valence-corrected chi connectivity index (χ1v) is 9.99. The molecule has 31 heavy (non-hydrogen) atoms. The van der Waals surface area contributed by atoms with Crippen molar-refractivity contribution in [3.63, 3.8) is 0 Å². The number of ether oxygens (including phenoxy) is 1. The fourth-order valence-electron chi connectivity index (χ4n) is 3.17. The van der Waals surface area contributed by atoms with Crippen molar-refractivity contribution in [1.29, 1.82) is 0 Å². The lowest BCUT2D eigenvalue weighted by Gasteiger charge is -2.17. The first-order valence-electron chi connectivity index (χ1n) is 9.99. The van der Waals surface area contributed by atoms with Crippen molar-refractivity contribution in [3.05, 3.63) is 52.5 Å². The third kappa shape index (κ3) is 6.50. The van der Waals surface area contributed by atoms with Gasteiger partial charge in [-0.1, -0.05) is 0 Å². The highest BCUT2D eigenvalue weighted by Crippen LogP contribution is 2.31. The van der Waals surface area contributed by atoms with Gasteiger partial charge in [-0.25, -0.2) is 4.98 Å². The number of aryl methyl sites for hydroxylation is 2. The summed E-state index contributed by atoms with van der Waals surface area (Å²) in [5, 5.41) is 2.85. The Hall–Kier alpha value is -2.97. The summed E-state index contributed by atoms with van der Waals surface area (Å²) in [4.78, 5) is 33.1. The van der Waals surface area contributed by atoms with E-state index in [2.05, 4.69) is 15.3 Å². The second kappa shape index (κ2) is 9.03. The van der Waals surface area contributed by atoms with E-state index in [-0.39, 0.29) is 29.9 Å². The molecule has 3 rings (SSSR count). The number of aromatic nitrogens is 2. The van der Waals surface area contributed by atoms with Gasteiger partial charge in [0, 0.05) is 41.1 Å². The number of amides is 1. The quantitative estimate of drug-likeness (QED) is 0.677. The van der Waals surface area contributed by atoms with E-state index in [0.29, 0.717) is 28.1 Å². The van der Waals surface area contributed by atoms with Crippen LogP contribution in [0, 0.1) is 19.8 Å². The van der Waals surface area contributed by atoms with Crippen LogP contribution in [0.25, 0.3) is 0 Å². The zero-order chi connectivity index (χ0) is 22.8. The Morgan fingerprint density at radius 1 is 1.23 bits per heavy atom. The molecule has 1 fully saturated rings. The maximum Gasteiger partial charge on any atom is 0.422 e. The third-order valence-corrected chi connectivity index (χ3v) is 4.93. The SMILES string of the molecule is Cc1cc(C(=O)NC(C)c2cnc(OCC(F)(F)F)c(C)c2)cc(CC(=O)C2CC2)n1. The molecule has 0 bridgehead atoms. The van der Waals surface area contributed by atoms with Gasteiger partial charge in [0.1, 0.15) is 5.78 Å². The standard InChI is InChI=1S/C22H24F3N3O3/c1-12-6-17(10-26-21(12)31-11-22(23,24)25)14(3)28-20(30)16-7-13(2)27-18(8-16)9-19(29)15-4-5-15/h6-8,10,14-15H,4-5,9,11H2,1-3H3,(H,28,30). The van der Waals surface area contributed by atoms with E-state index in [4.69, 9.17) is 4.74 Å². The molecule has 1 unspecified atom stereocenters. The molecule has 9 heteroatoms. The lowest BCUT2D eigenvalue weighted by molar-refractivity contribution is -0.154. The molecule has 0 saturated heterocycles. The van der Waals surface area contributed by atoms with Gasteiger partial charge in [0.2, 0.25) is 5.88 Å². The van der Waals surface area contributed by atoms with Crippen molar-refractivity contribution >= 4 is 11.7 Å². The van der Waals surface area contributed by atoms with E-state index in [1.807, 2.05) is 0 Å². The number of nitrogens with one attached hydrogen (secondary N) is 1. The van der Waals surface area contributed by atoms with E-state index >= 15 is 0 Å². The van der Waals surface area contributed by atoms with Crippen molar-refractivity contribution in [2.45, 2.75) is 52.3 Å². The zero-order valence-corrected chi connectivity index (χ0v) is 17.5. The van der Waals surface area contributed by atoms with Gasteiger partial charge in [-0.2, -0.15) is 13.2 Å². The highest BCUT2D eigenvalue weighted by atomic mass is 19.4. The van der Waals surface area contributed by atoms with Crippen molar-refractivity contribution in [2.75, 3.05) is 6.61 Å². The lowest BCUT2D eigenvalue weighted by Crippen LogP contribution is -2.27. The predicted molar refractivity (Wildman–Crippen MR) is 107 cm³/mol. The second-order valence-corrected chi connectivity index (χ2v) is 7.90. The molecule has 2 heterocycles. The Morgan fingerprint density at radius 2 is 1.94 bits per heavy atom. The van der Waals surface area contributed by atoms with Crippen LogP contribution in [0.4, 0.5) is 13.2 Å². The Bertz CT molecular complexity index is 988. The molecule has 0 spiro atoms. The molecule has 166 valence electrons. The average Bonchev–Trinajstić information content (AvgIpc) is 3.51. The van der Waals surface area contributed by atoms with Gasteiger partial charge < -0.3 is 10.1 Å². The number of ketones is 1. The van der Waals surface area contributed by atoms with Crippen LogP contribution >= 0.6 is 0 Å². The Balaban J connectivity index is 1.66. The van der Waals surface area contributed by atoms with Gasteiger partial charge in [0.25, 0.3) is 5.91 Å². The van der Waals surface area contributed by atoms with E-state index < -0.39 is 18.8 Å². The summed E-state index contributed by atoms with van der Waals surface area (Å²) in [6.45, 7) is 3.68. The highest BCUT2D eigenvalue weighted by molar-refractivity contribution is 5.95. The lowest BCUT2D eigenvalue weighted by atomic mass is 10.1. The Kier molecular flexibility index (Phi) is 6.62. The summed E-state index contributed by atoms with van der Waals surface area (Å²) in [7, 11) is 0. The molecule has 1 saturated carbocycles. The van der Waals surface area contributed by atoms with E-state index in [9.17, 15) is 22.8 Å². The number of carbonyl (C=O) groups excluding carboxylic acids is 2. The fraction of sp³-hybridized carbons (Fsp3) is 0.455. The minimum atomic E-state index is -4.45. The number of carbonyl (C=O) groups is 2. The summed E-state index contributed by atoms with van der Waals surface area (Å²) in [5.41, 5.74) is 2.66. The number of nitrogens with zero attached hydrogens (tertiary/aromatic N) is 2. The normalized spacial score (nSPS) is 14.8. The summed E-state index contributed by atoms with van der Waals surface area (Å²) in [6.07, 6.45) is -1.02. The molecular weight excluding hydrogens is 411 g/mol. The summed E-state index contributed by atoms with van der Waals surface area (Å²) < 4.78 is 41.7. The van der Waals surface area contributed by atoms with Gasteiger partial charge in [-0.3, -0.25) is 14.6 Å². The minimum Gasteiger partial charge on any atom is -0.468 e. The van der Waals surface area contributed by atoms with E-state index in [0.717, 1.165) is 12.8 Å². The number of alkyl halides is 3. The van der Waals surface area contributed by atoms with Gasteiger partial charge in [-0.15, -0.1) is 0 Å². The molecule has 0 aliphatic heterocycles. The highest BCUT2D eigenvalue weighted by Gasteiger charge is 2.30. The molecule has 1 aliphatic carbocycles. The molecule has 0 radical (unpaired) electrons. The summed E-state index contributed by atoms with van der Waals surface area (Å²) in [6, 6.07) is 4.44. The Labute approximate surface area is 178 Å². The molecule has 1 atom stereocenters. The molecule has 0 aromatic carbocycles. The predicted octanol–water partition coefficient (Wildman–Crippen LogP) is 4.05. The number of rotatable bonds is 8. The maximum absolute atomic E-state index is 12.7. The Morgan fingerprint density at radius 3 is 2.55 bits per heavy atom. The van der Waals surface area contributed by atoms with Gasteiger partial charge >= 0.3 is 6.18 Å². The largest absolute Gasteiger partial charge is 0.468 e. The van der Waals surface area contributed by atoms with Gasteiger partial charge in [0.05, 0.1) is 6.04 Å². The van der Waals surface area contributed by atoms with Crippen molar-refractivity contribution in [1.82, 2.24) is 15.3 Å². The fourth-order valence-corrected chi connectivity index (χ4v) is 3.17. The average molecular weight is 435 g/mol. The monoisotopic (exact) mass is 435 g/mol. The summed E-state index contributed by atoms with van der Waals surface area (Å²) in [5.74, 6) is -0.173. The first-order chi connectivity index (χ1) is 14.5. The van der Waals surface area contributed by atoms with Crippen LogP contribution in [0.1, 0.15) is 58.7 Å². The smallest absolute Gasteiger partial charge is 0.422 e. The zero-order valence-electron chi connectivity index (χ0n) is 17.5. The number of Topliss-reactive ketones (excluding diaryl/α,β-unsaturated/α-hetero) is 1. The third-order valence-electron chi connectivity index (χ3n) is 4.93. The molecule has 2 aromatic heterocycles. The van der Waals surface area contributed by atoms with Crippen molar-refractivity contribution < 1.29 is 27.5 Å². The van der Waals surface area contributed by atoms with Crippen LogP contribution in [0.15, 0.2) is 24.4 Å². The van der Waals surface area contributed by atoms with Crippen molar-refractivity contribution in [2.24, 2.45) is 5.92 Å². The number of halogens is 3. The molecule has 1 N–H and O–H groups in total. The number of hydrogen-bond donors (Lipinski definition) is 1. The van der Waals surface area contributed by atoms with E-state index in [1.165, 1.54) is 6.20 Å². The maximum atomic E-state index is 12.7. The van der Waals surface area contributed by atoms with Crippen LogP contribution in [-0.4, -0.2) is 34.4 Å². The molecule has 2 aromatic rings. The molecular formula is C22H24F3N3O3. The number of pyridine rings is 2. The number of hydrogen-bond acceptors (Lipinski definition) is 5. The molecule has 1 aliphatic rings. The van der Waals surface area contributed by atoms with Crippen LogP contribution < -0.4 is 10.1 Å². The van der Waals surface area contributed by atoms with E-state index in [1.54, 1.807) is 39.0 Å². The topological polar surface area (TPSA) is 81.2 Å². The minimum absolute atomic E-state index is 0.102. The second-order valence-electron chi connectivity index (χ2n) is 7.90. The van der Waals surface area contributed by atoms with Gasteiger partial charge in [-0.05, 0) is 57.4 Å². The molecule has 6 nitrogen and oxygen atoms in total. The van der Waals surface area contributed by atoms with Crippen LogP contribution in [0.3, 0.4) is 0 Å². The molecule has 1 amide bonds. The van der Waals surface area contributed by atoms with Crippen LogP contribution in [0.2, 0.25) is 0 Å². The summed E-state index contributed by atoms with van der Waals surface area (Å²) >= 11 is 0. The van der Waals surface area contributed by atoms with Crippen molar-refractivity contribution in [3.8, 4) is 5.88 Å². The van der Waals surface area contributed by atoms with Crippen LogP contribution in [0.5, 0.6) is 5.88 Å². The van der Waals surface area contributed by atoms with Gasteiger partial charge in [0.15, 0.2) is 6.61 Å². The van der Waals surface area contributed by atoms with Crippen LogP contribution in [-0.2, 0) is 11.2 Å².